The highest BCUT2D eigenvalue weighted by Gasteiger charge is 2.34. The number of anilines is 1. The number of nitrogens with one attached hydrogen (secondary N) is 1. The van der Waals surface area contributed by atoms with Crippen molar-refractivity contribution in [2.24, 2.45) is 0 Å². The van der Waals surface area contributed by atoms with Crippen molar-refractivity contribution in [3.8, 4) is 5.75 Å². The van der Waals surface area contributed by atoms with Crippen molar-refractivity contribution in [2.75, 3.05) is 18.0 Å². The van der Waals surface area contributed by atoms with Crippen molar-refractivity contribution >= 4 is 27.5 Å². The number of halogens is 1. The Morgan fingerprint density at radius 1 is 0.952 bits per heavy atom. The fraction of sp³-hybridized carbons (Fsp3) is 0.375. The highest BCUT2D eigenvalue weighted by Crippen LogP contribution is 2.26. The molecule has 1 aliphatic carbocycles. The molecule has 1 aliphatic rings. The summed E-state index contributed by atoms with van der Waals surface area (Å²) in [4.78, 5) is 29.1. The first-order valence-electron chi connectivity index (χ1n) is 14.3. The number of ether oxygens (including phenoxy) is 1. The number of hydrogen-bond donors (Lipinski definition) is 1. The molecule has 1 fully saturated rings. The number of hydrogen-bond acceptors (Lipinski definition) is 5. The van der Waals surface area contributed by atoms with E-state index in [2.05, 4.69) is 5.32 Å². The summed E-state index contributed by atoms with van der Waals surface area (Å²) in [6.45, 7) is 1.30. The maximum absolute atomic E-state index is 14.1. The molecule has 2 amide bonds. The van der Waals surface area contributed by atoms with Crippen LogP contribution in [-0.4, -0.2) is 50.9 Å². The minimum Gasteiger partial charge on any atom is -0.497 e. The highest BCUT2D eigenvalue weighted by molar-refractivity contribution is 7.92. The second-order valence-corrected chi connectivity index (χ2v) is 12.3. The molecule has 0 aliphatic heterocycles. The van der Waals surface area contributed by atoms with Crippen LogP contribution >= 0.6 is 0 Å². The van der Waals surface area contributed by atoms with Crippen LogP contribution in [0.1, 0.15) is 51.0 Å². The topological polar surface area (TPSA) is 96.0 Å². The Kier molecular flexibility index (Phi) is 10.6. The summed E-state index contributed by atoms with van der Waals surface area (Å²) in [6, 6.07) is 19.2. The fourth-order valence-corrected chi connectivity index (χ4v) is 6.66. The van der Waals surface area contributed by atoms with Crippen LogP contribution in [0.15, 0.2) is 83.8 Å². The number of nitrogens with zero attached hydrogens (tertiary/aromatic N) is 2. The molecule has 0 unspecified atom stereocenters. The average Bonchev–Trinajstić information content (AvgIpc) is 3.01. The quantitative estimate of drug-likeness (QED) is 0.307. The van der Waals surface area contributed by atoms with E-state index in [1.54, 1.807) is 54.6 Å². The molecule has 42 heavy (non-hydrogen) atoms. The molecule has 0 radical (unpaired) electrons. The Morgan fingerprint density at radius 3 is 2.19 bits per heavy atom. The zero-order valence-electron chi connectivity index (χ0n) is 24.0. The Labute approximate surface area is 247 Å². The fourth-order valence-electron chi connectivity index (χ4n) is 5.25. The van der Waals surface area contributed by atoms with Gasteiger partial charge in [0, 0.05) is 12.6 Å². The molecule has 8 nitrogen and oxygen atoms in total. The van der Waals surface area contributed by atoms with Gasteiger partial charge in [-0.3, -0.25) is 13.9 Å². The average molecular weight is 596 g/mol. The molecule has 0 saturated heterocycles. The molecular weight excluding hydrogens is 557 g/mol. The number of rotatable bonds is 12. The van der Waals surface area contributed by atoms with Crippen LogP contribution in [0.4, 0.5) is 10.1 Å². The third kappa shape index (κ3) is 7.67. The van der Waals surface area contributed by atoms with E-state index in [0.29, 0.717) is 23.4 Å². The second-order valence-electron chi connectivity index (χ2n) is 10.4. The van der Waals surface area contributed by atoms with E-state index in [0.717, 1.165) is 36.4 Å². The number of sulfonamides is 1. The van der Waals surface area contributed by atoms with Gasteiger partial charge in [-0.25, -0.2) is 12.8 Å². The first kappa shape index (κ1) is 31.0. The Balaban J connectivity index is 1.68. The third-order valence-corrected chi connectivity index (χ3v) is 9.36. The van der Waals surface area contributed by atoms with Crippen LogP contribution in [0.3, 0.4) is 0 Å². The largest absolute Gasteiger partial charge is 0.497 e. The summed E-state index contributed by atoms with van der Waals surface area (Å²) < 4.78 is 47.7. The van der Waals surface area contributed by atoms with E-state index < -0.39 is 34.3 Å². The molecule has 1 N–H and O–H groups in total. The van der Waals surface area contributed by atoms with Crippen molar-refractivity contribution in [1.82, 2.24) is 10.2 Å². The molecule has 0 bridgehead atoms. The van der Waals surface area contributed by atoms with Gasteiger partial charge in [-0.2, -0.15) is 0 Å². The van der Waals surface area contributed by atoms with Crippen molar-refractivity contribution in [3.05, 3.63) is 90.2 Å². The van der Waals surface area contributed by atoms with Gasteiger partial charge >= 0.3 is 0 Å². The van der Waals surface area contributed by atoms with Crippen molar-refractivity contribution < 1.29 is 27.1 Å². The van der Waals surface area contributed by atoms with Gasteiger partial charge < -0.3 is 15.0 Å². The molecule has 1 atom stereocenters. The van der Waals surface area contributed by atoms with Gasteiger partial charge in [-0.1, -0.05) is 56.5 Å². The number of carbonyl (C=O) groups is 2. The first-order valence-corrected chi connectivity index (χ1v) is 15.7. The number of para-hydroxylation sites is 1. The molecule has 224 valence electrons. The predicted molar refractivity (Wildman–Crippen MR) is 160 cm³/mol. The Morgan fingerprint density at radius 2 is 1.60 bits per heavy atom. The van der Waals surface area contributed by atoms with Crippen molar-refractivity contribution in [3.63, 3.8) is 0 Å². The lowest BCUT2D eigenvalue weighted by molar-refractivity contribution is -0.140. The van der Waals surface area contributed by atoms with Gasteiger partial charge in [-0.05, 0) is 73.4 Å². The van der Waals surface area contributed by atoms with Gasteiger partial charge in [0.25, 0.3) is 10.0 Å². The van der Waals surface area contributed by atoms with Gasteiger partial charge in [-0.15, -0.1) is 0 Å². The molecule has 3 aromatic rings. The zero-order valence-corrected chi connectivity index (χ0v) is 24.9. The van der Waals surface area contributed by atoms with Gasteiger partial charge in [0.05, 0.1) is 17.7 Å². The summed E-state index contributed by atoms with van der Waals surface area (Å²) >= 11 is 0. The molecule has 3 aromatic carbocycles. The number of methoxy groups -OCH3 is 1. The smallest absolute Gasteiger partial charge is 0.264 e. The zero-order chi connectivity index (χ0) is 30.1. The lowest BCUT2D eigenvalue weighted by Crippen LogP contribution is -2.54. The summed E-state index contributed by atoms with van der Waals surface area (Å²) in [5.74, 6) is -0.744. The van der Waals surface area contributed by atoms with Gasteiger partial charge in [0.15, 0.2) is 0 Å². The summed E-state index contributed by atoms with van der Waals surface area (Å²) in [7, 11) is -2.69. The molecular formula is C32H38FN3O5S. The standard InChI is InChI=1S/C32H38FN3O5S/c1-3-30(32(38)34-26-10-6-4-7-11-26)35(22-24-14-16-25(33)17-15-24)31(37)23-36(27-12-8-5-9-13-27)42(39,40)29-20-18-28(41-2)19-21-29/h5,8-9,12-21,26,30H,3-4,6-7,10-11,22-23H2,1-2H3,(H,34,38)/t30-/m1/s1. The Hall–Kier alpha value is -3.92. The molecule has 1 saturated carbocycles. The molecule has 10 heteroatoms. The minimum absolute atomic E-state index is 0.00730. The van der Waals surface area contributed by atoms with Gasteiger partial charge in [0.2, 0.25) is 11.8 Å². The lowest BCUT2D eigenvalue weighted by atomic mass is 9.95. The second kappa shape index (κ2) is 14.3. The summed E-state index contributed by atoms with van der Waals surface area (Å²) in [5, 5.41) is 3.12. The monoisotopic (exact) mass is 595 g/mol. The maximum atomic E-state index is 14.1. The molecule has 0 spiro atoms. The van der Waals surface area contributed by atoms with E-state index in [-0.39, 0.29) is 23.4 Å². The highest BCUT2D eigenvalue weighted by atomic mass is 32.2. The van der Waals surface area contributed by atoms with E-state index in [9.17, 15) is 22.4 Å². The lowest BCUT2D eigenvalue weighted by Gasteiger charge is -2.34. The van der Waals surface area contributed by atoms with E-state index in [1.165, 1.54) is 36.3 Å². The summed E-state index contributed by atoms with van der Waals surface area (Å²) in [5.41, 5.74) is 0.932. The van der Waals surface area contributed by atoms with Crippen molar-refractivity contribution in [1.29, 1.82) is 0 Å². The van der Waals surface area contributed by atoms with E-state index in [4.69, 9.17) is 4.74 Å². The predicted octanol–water partition coefficient (Wildman–Crippen LogP) is 5.29. The third-order valence-electron chi connectivity index (χ3n) is 7.57. The van der Waals surface area contributed by atoms with Crippen LogP contribution in [0, 0.1) is 5.82 Å². The maximum Gasteiger partial charge on any atom is 0.264 e. The van der Waals surface area contributed by atoms with Crippen LogP contribution in [-0.2, 0) is 26.2 Å². The van der Waals surface area contributed by atoms with E-state index >= 15 is 0 Å². The van der Waals surface area contributed by atoms with Crippen LogP contribution in [0.2, 0.25) is 0 Å². The Bertz CT molecular complexity index is 1430. The van der Waals surface area contributed by atoms with Crippen LogP contribution in [0.25, 0.3) is 0 Å². The molecule has 0 aromatic heterocycles. The molecule has 4 rings (SSSR count). The van der Waals surface area contributed by atoms with Crippen molar-refractivity contribution in [2.45, 2.75) is 69.0 Å². The van der Waals surface area contributed by atoms with Gasteiger partial charge in [0.1, 0.15) is 24.2 Å². The number of benzene rings is 3. The van der Waals surface area contributed by atoms with Crippen LogP contribution in [0.5, 0.6) is 5.75 Å². The minimum atomic E-state index is -4.18. The number of carbonyl (C=O) groups excluding carboxylic acids is 2. The summed E-state index contributed by atoms with van der Waals surface area (Å²) in [6.07, 6.45) is 5.30. The van der Waals surface area contributed by atoms with Crippen LogP contribution < -0.4 is 14.4 Å². The SMILES string of the molecule is CC[C@H](C(=O)NC1CCCCC1)N(Cc1ccc(F)cc1)C(=O)CN(c1ccccc1)S(=O)(=O)c1ccc(OC)cc1. The van der Waals surface area contributed by atoms with E-state index in [1.807, 2.05) is 6.92 Å². The normalized spacial score (nSPS) is 14.5. The number of amides is 2. The molecule has 0 heterocycles. The first-order chi connectivity index (χ1) is 20.2.